The Kier molecular flexibility index (Phi) is 6.78. The lowest BCUT2D eigenvalue weighted by atomic mass is 10.2. The Morgan fingerprint density at radius 1 is 1.07 bits per heavy atom. The van der Waals surface area contributed by atoms with Gasteiger partial charge >= 0.3 is 0 Å². The Labute approximate surface area is 157 Å². The highest BCUT2D eigenvalue weighted by molar-refractivity contribution is 7.94. The fourth-order valence-corrected chi connectivity index (χ4v) is 2.92. The predicted octanol–water partition coefficient (Wildman–Crippen LogP) is 4.39. The molecule has 27 heavy (non-hydrogen) atoms. The molecule has 2 aromatic carbocycles. The van der Waals surface area contributed by atoms with E-state index in [1.807, 2.05) is 24.0 Å². The van der Waals surface area contributed by atoms with E-state index < -0.39 is 14.8 Å². The molecular weight excluding hydrogens is 368 g/mol. The van der Waals surface area contributed by atoms with Crippen molar-refractivity contribution in [2.24, 2.45) is 10.2 Å². The van der Waals surface area contributed by atoms with Crippen LogP contribution in [0.1, 0.15) is 6.92 Å². The van der Waals surface area contributed by atoms with Gasteiger partial charge in [0.25, 0.3) is 5.69 Å². The largest absolute Gasteiger partial charge is 0.371 e. The van der Waals surface area contributed by atoms with Crippen molar-refractivity contribution in [3.8, 4) is 0 Å². The molecule has 0 aliphatic carbocycles. The van der Waals surface area contributed by atoms with E-state index in [2.05, 4.69) is 16.8 Å². The van der Waals surface area contributed by atoms with Crippen LogP contribution in [0.25, 0.3) is 0 Å². The van der Waals surface area contributed by atoms with Crippen LogP contribution < -0.4 is 4.90 Å². The highest BCUT2D eigenvalue weighted by Crippen LogP contribution is 2.23. The van der Waals surface area contributed by atoms with Gasteiger partial charge in [0, 0.05) is 36.3 Å². The molecule has 0 aliphatic rings. The molecule has 8 nitrogen and oxygen atoms in total. The molecule has 0 unspecified atom stereocenters. The van der Waals surface area contributed by atoms with E-state index in [0.29, 0.717) is 24.5 Å². The maximum absolute atomic E-state index is 11.6. The zero-order valence-corrected chi connectivity index (χ0v) is 15.7. The summed E-state index contributed by atoms with van der Waals surface area (Å²) < 4.78 is 23.1. The summed E-state index contributed by atoms with van der Waals surface area (Å²) >= 11 is 0. The van der Waals surface area contributed by atoms with Gasteiger partial charge in [-0.15, -0.1) is 0 Å². The minimum atomic E-state index is -3.24. The van der Waals surface area contributed by atoms with E-state index >= 15 is 0 Å². The van der Waals surface area contributed by atoms with E-state index in [4.69, 9.17) is 0 Å². The lowest BCUT2D eigenvalue weighted by molar-refractivity contribution is -0.384. The monoisotopic (exact) mass is 388 g/mol. The number of benzene rings is 2. The van der Waals surface area contributed by atoms with Crippen molar-refractivity contribution in [2.75, 3.05) is 23.7 Å². The standard InChI is InChI=1S/C18H20N4O4S/c1-3-21(13-14-27(25,26)4-2)17-9-5-15(6-10-17)19-20-16-7-11-18(12-8-16)22(23)24/h4-12H,2-3,13-14H2,1H3. The molecule has 0 radical (unpaired) electrons. The molecule has 0 aromatic heterocycles. The summed E-state index contributed by atoms with van der Waals surface area (Å²) in [5, 5.41) is 19.8. The van der Waals surface area contributed by atoms with Crippen LogP contribution in [0.5, 0.6) is 0 Å². The first-order chi connectivity index (χ1) is 12.8. The van der Waals surface area contributed by atoms with Crippen LogP contribution >= 0.6 is 0 Å². The van der Waals surface area contributed by atoms with Crippen LogP contribution in [0.4, 0.5) is 22.7 Å². The Balaban J connectivity index is 2.04. The van der Waals surface area contributed by atoms with E-state index in [-0.39, 0.29) is 11.4 Å². The molecule has 0 amide bonds. The number of hydrogen-bond acceptors (Lipinski definition) is 7. The molecule has 142 valence electrons. The number of nitro groups is 1. The number of nitro benzene ring substituents is 1. The van der Waals surface area contributed by atoms with E-state index in [1.165, 1.54) is 24.3 Å². The third-order valence-electron chi connectivity index (χ3n) is 3.84. The van der Waals surface area contributed by atoms with Crippen LogP contribution in [0.3, 0.4) is 0 Å². The van der Waals surface area contributed by atoms with Crippen molar-refractivity contribution in [3.63, 3.8) is 0 Å². The molecule has 9 heteroatoms. The fraction of sp³-hybridized carbons (Fsp3) is 0.222. The number of hydrogen-bond donors (Lipinski definition) is 0. The minimum Gasteiger partial charge on any atom is -0.371 e. The molecule has 0 aliphatic heterocycles. The number of non-ortho nitro benzene ring substituents is 1. The molecule has 0 saturated heterocycles. The number of azo groups is 1. The SMILES string of the molecule is C=CS(=O)(=O)CCN(CC)c1ccc(N=Nc2ccc([N+](=O)[O-])cc2)cc1. The second kappa shape index (κ2) is 9.04. The van der Waals surface area contributed by atoms with E-state index in [9.17, 15) is 18.5 Å². The topological polar surface area (TPSA) is 105 Å². The highest BCUT2D eigenvalue weighted by atomic mass is 32.2. The third kappa shape index (κ3) is 6.00. The van der Waals surface area contributed by atoms with Crippen LogP contribution in [0.2, 0.25) is 0 Å². The number of rotatable bonds is 9. The Morgan fingerprint density at radius 2 is 1.59 bits per heavy atom. The lowest BCUT2D eigenvalue weighted by Crippen LogP contribution is -2.28. The molecule has 2 rings (SSSR count). The summed E-state index contributed by atoms with van der Waals surface area (Å²) in [4.78, 5) is 12.1. The molecule has 0 bridgehead atoms. The van der Waals surface area contributed by atoms with Crippen LogP contribution in [-0.2, 0) is 9.84 Å². The van der Waals surface area contributed by atoms with Crippen LogP contribution in [0.15, 0.2) is 70.7 Å². The summed E-state index contributed by atoms with van der Waals surface area (Å²) in [6.07, 6.45) is 0. The quantitative estimate of drug-likeness (QED) is 0.360. The van der Waals surface area contributed by atoms with Crippen molar-refractivity contribution >= 4 is 32.6 Å². The summed E-state index contributed by atoms with van der Waals surface area (Å²) in [6, 6.07) is 13.0. The van der Waals surface area contributed by atoms with E-state index in [1.54, 1.807) is 12.1 Å². The normalized spacial score (nSPS) is 11.4. The third-order valence-corrected chi connectivity index (χ3v) is 5.10. The van der Waals surface area contributed by atoms with Gasteiger partial charge in [-0.25, -0.2) is 8.42 Å². The molecule has 0 atom stereocenters. The van der Waals surface area contributed by atoms with Gasteiger partial charge in [0.15, 0.2) is 9.84 Å². The maximum Gasteiger partial charge on any atom is 0.269 e. The maximum atomic E-state index is 11.6. The average Bonchev–Trinajstić information content (AvgIpc) is 2.68. The van der Waals surface area contributed by atoms with E-state index in [0.717, 1.165) is 11.1 Å². The van der Waals surface area contributed by atoms with Gasteiger partial charge in [0.1, 0.15) is 0 Å². The Hall–Kier alpha value is -3.07. The van der Waals surface area contributed by atoms with Gasteiger partial charge in [-0.3, -0.25) is 10.1 Å². The zero-order valence-electron chi connectivity index (χ0n) is 14.9. The second-order valence-corrected chi connectivity index (χ2v) is 7.67. The smallest absolute Gasteiger partial charge is 0.269 e. The number of anilines is 1. The molecular formula is C18H20N4O4S. The van der Waals surface area contributed by atoms with Gasteiger partial charge in [0.2, 0.25) is 0 Å². The molecule has 0 fully saturated rings. The number of nitrogens with zero attached hydrogens (tertiary/aromatic N) is 4. The molecule has 0 spiro atoms. The van der Waals surface area contributed by atoms with Crippen molar-refractivity contribution in [2.45, 2.75) is 6.92 Å². The van der Waals surface area contributed by atoms with Gasteiger partial charge in [-0.1, -0.05) is 6.58 Å². The Bertz CT molecular complexity index is 923. The molecule has 0 heterocycles. The van der Waals surface area contributed by atoms with Crippen molar-refractivity contribution in [1.29, 1.82) is 0 Å². The van der Waals surface area contributed by atoms with Crippen molar-refractivity contribution in [3.05, 3.63) is 70.6 Å². The van der Waals surface area contributed by atoms with Crippen LogP contribution in [-0.4, -0.2) is 32.2 Å². The summed E-state index contributed by atoms with van der Waals surface area (Å²) in [6.45, 7) is 6.30. The summed E-state index contributed by atoms with van der Waals surface area (Å²) in [7, 11) is -3.24. The number of sulfone groups is 1. The zero-order chi connectivity index (χ0) is 19.9. The first-order valence-electron chi connectivity index (χ1n) is 8.21. The Morgan fingerprint density at radius 3 is 2.04 bits per heavy atom. The summed E-state index contributed by atoms with van der Waals surface area (Å²) in [5.74, 6) is 0.00590. The first kappa shape index (κ1) is 20.2. The predicted molar refractivity (Wildman–Crippen MR) is 106 cm³/mol. The summed E-state index contributed by atoms with van der Waals surface area (Å²) in [5.41, 5.74) is 2.00. The van der Waals surface area contributed by atoms with Gasteiger partial charge in [-0.05, 0) is 43.3 Å². The molecule has 0 saturated carbocycles. The second-order valence-electron chi connectivity index (χ2n) is 5.60. The average molecular weight is 388 g/mol. The van der Waals surface area contributed by atoms with Gasteiger partial charge in [-0.2, -0.15) is 10.2 Å². The van der Waals surface area contributed by atoms with Crippen molar-refractivity contribution < 1.29 is 13.3 Å². The van der Waals surface area contributed by atoms with Crippen LogP contribution in [0, 0.1) is 10.1 Å². The first-order valence-corrected chi connectivity index (χ1v) is 9.92. The lowest BCUT2D eigenvalue weighted by Gasteiger charge is -2.22. The van der Waals surface area contributed by atoms with Gasteiger partial charge in [0.05, 0.1) is 22.1 Å². The molecule has 0 N–H and O–H groups in total. The fourth-order valence-electron chi connectivity index (χ4n) is 2.28. The highest BCUT2D eigenvalue weighted by Gasteiger charge is 2.10. The van der Waals surface area contributed by atoms with Crippen molar-refractivity contribution in [1.82, 2.24) is 0 Å². The minimum absolute atomic E-state index is 0.00331. The van der Waals surface area contributed by atoms with Gasteiger partial charge < -0.3 is 4.90 Å². The molecule has 2 aromatic rings.